The van der Waals surface area contributed by atoms with Crippen molar-refractivity contribution in [2.75, 3.05) is 6.61 Å². The van der Waals surface area contributed by atoms with E-state index in [9.17, 15) is 23.8 Å². The molecule has 0 saturated heterocycles. The number of amides is 1. The van der Waals surface area contributed by atoms with Gasteiger partial charge in [-0.2, -0.15) is 0 Å². The van der Waals surface area contributed by atoms with Gasteiger partial charge in [-0.15, -0.1) is 0 Å². The number of hydrogen-bond donors (Lipinski definition) is 4. The Kier molecular flexibility index (Phi) is 5.99. The summed E-state index contributed by atoms with van der Waals surface area (Å²) in [6, 6.07) is 11.0. The Morgan fingerprint density at radius 3 is 2.61 bits per heavy atom. The molecule has 1 atom stereocenters. The second-order valence-electron chi connectivity index (χ2n) is 6.07. The molecule has 4 N–H and O–H groups in total. The Labute approximate surface area is 166 Å². The number of carbonyl (C=O) groups excluding carboxylic acids is 1. The predicted molar refractivity (Wildman–Crippen MR) is 103 cm³/mol. The maximum absolute atomic E-state index is 12.2. The molecule has 0 saturated carbocycles. The fourth-order valence-corrected chi connectivity index (χ4v) is 3.94. The van der Waals surface area contributed by atoms with Gasteiger partial charge in [-0.05, 0) is 17.7 Å². The summed E-state index contributed by atoms with van der Waals surface area (Å²) in [5.74, 6) is -1.15. The van der Waals surface area contributed by atoms with Crippen LogP contribution in [0.3, 0.4) is 0 Å². The van der Waals surface area contributed by atoms with E-state index in [2.05, 4.69) is 5.32 Å². The number of alkyl carbamates (subject to hydrolysis) is 1. The van der Waals surface area contributed by atoms with Crippen molar-refractivity contribution >= 4 is 32.5 Å². The Morgan fingerprint density at radius 1 is 1.25 bits per heavy atom. The van der Waals surface area contributed by atoms with Gasteiger partial charge < -0.3 is 19.9 Å². The first-order valence-electron chi connectivity index (χ1n) is 8.25. The monoisotopic (exact) mass is 427 g/mol. The standard InChI is InChI=1S/C18H18ClNO7S/c19-28(24,25)16-9-12-14(6-7-26-15(12)8-13(16)17(21)22)20-18(23)27-10-11-4-2-1-3-5-11/h1-5,8-9,14,24-25H,6-7,10H2,(H,20,23)(H,21,22)/t14-/m0/s1. The van der Waals surface area contributed by atoms with Crippen LogP contribution in [0.1, 0.15) is 33.9 Å². The molecule has 0 bridgehead atoms. The van der Waals surface area contributed by atoms with E-state index in [0.29, 0.717) is 12.0 Å². The summed E-state index contributed by atoms with van der Waals surface area (Å²) >= 11 is 0. The fourth-order valence-electron chi connectivity index (χ4n) is 2.85. The van der Waals surface area contributed by atoms with Gasteiger partial charge in [0.1, 0.15) is 12.4 Å². The zero-order chi connectivity index (χ0) is 20.3. The van der Waals surface area contributed by atoms with E-state index < -0.39 is 27.9 Å². The number of rotatable bonds is 5. The fraction of sp³-hybridized carbons (Fsp3) is 0.222. The molecular weight excluding hydrogens is 410 g/mol. The number of aromatic carboxylic acids is 1. The highest BCUT2D eigenvalue weighted by atomic mass is 35.7. The van der Waals surface area contributed by atoms with Gasteiger partial charge in [0.05, 0.1) is 23.1 Å². The Morgan fingerprint density at radius 2 is 1.96 bits per heavy atom. The van der Waals surface area contributed by atoms with Gasteiger partial charge in [-0.3, -0.25) is 9.11 Å². The number of halogens is 1. The van der Waals surface area contributed by atoms with Crippen molar-refractivity contribution in [3.05, 3.63) is 59.2 Å². The van der Waals surface area contributed by atoms with Gasteiger partial charge in [0, 0.05) is 22.7 Å². The summed E-state index contributed by atoms with van der Waals surface area (Å²) in [7, 11) is 1.78. The smallest absolute Gasteiger partial charge is 0.407 e. The third-order valence-electron chi connectivity index (χ3n) is 4.17. The number of carboxylic acid groups (broad SMARTS) is 1. The van der Waals surface area contributed by atoms with E-state index in [1.807, 2.05) is 30.3 Å². The summed E-state index contributed by atoms with van der Waals surface area (Å²) in [5, 5.41) is 12.0. The third kappa shape index (κ3) is 4.68. The zero-order valence-corrected chi connectivity index (χ0v) is 16.1. The first kappa shape index (κ1) is 20.3. The van der Waals surface area contributed by atoms with Crippen molar-refractivity contribution in [1.82, 2.24) is 5.32 Å². The van der Waals surface area contributed by atoms with Crippen molar-refractivity contribution in [2.45, 2.75) is 24.0 Å². The Bertz CT molecular complexity index is 885. The molecule has 8 nitrogen and oxygen atoms in total. The van der Waals surface area contributed by atoms with Crippen molar-refractivity contribution in [3.63, 3.8) is 0 Å². The largest absolute Gasteiger partial charge is 0.493 e. The normalized spacial score (nSPS) is 16.5. The minimum absolute atomic E-state index is 0.0914. The van der Waals surface area contributed by atoms with Crippen LogP contribution in [0.5, 0.6) is 5.75 Å². The van der Waals surface area contributed by atoms with Gasteiger partial charge in [0.25, 0.3) is 0 Å². The minimum atomic E-state index is -3.82. The van der Waals surface area contributed by atoms with Gasteiger partial charge in [0.15, 0.2) is 0 Å². The zero-order valence-electron chi connectivity index (χ0n) is 14.5. The Hall–Kier alpha value is -2.46. The molecule has 3 rings (SSSR count). The second kappa shape index (κ2) is 8.27. The lowest BCUT2D eigenvalue weighted by Gasteiger charge is -2.30. The van der Waals surface area contributed by atoms with Crippen LogP contribution < -0.4 is 10.1 Å². The highest BCUT2D eigenvalue weighted by Crippen LogP contribution is 2.56. The lowest BCUT2D eigenvalue weighted by Crippen LogP contribution is -2.32. The molecule has 2 aromatic carbocycles. The third-order valence-corrected chi connectivity index (χ3v) is 5.56. The first-order chi connectivity index (χ1) is 13.3. The lowest BCUT2D eigenvalue weighted by atomic mass is 9.99. The van der Waals surface area contributed by atoms with Crippen molar-refractivity contribution < 1.29 is 33.3 Å². The first-order valence-corrected chi connectivity index (χ1v) is 10.6. The van der Waals surface area contributed by atoms with E-state index in [1.165, 1.54) is 12.1 Å². The van der Waals surface area contributed by atoms with Gasteiger partial charge in [-0.25, -0.2) is 9.59 Å². The highest BCUT2D eigenvalue weighted by Gasteiger charge is 2.30. The van der Waals surface area contributed by atoms with Crippen molar-refractivity contribution in [2.24, 2.45) is 0 Å². The highest BCUT2D eigenvalue weighted by molar-refractivity contribution is 8.43. The van der Waals surface area contributed by atoms with Gasteiger partial charge in [-0.1, -0.05) is 40.1 Å². The van der Waals surface area contributed by atoms with Gasteiger partial charge in [0.2, 0.25) is 0 Å². The van der Waals surface area contributed by atoms with Crippen LogP contribution in [0, 0.1) is 0 Å². The van der Waals surface area contributed by atoms with E-state index >= 15 is 0 Å². The predicted octanol–water partition coefficient (Wildman–Crippen LogP) is 4.40. The van der Waals surface area contributed by atoms with Crippen molar-refractivity contribution in [1.29, 1.82) is 0 Å². The molecule has 0 aromatic heterocycles. The molecule has 0 radical (unpaired) electrons. The molecule has 1 amide bonds. The molecule has 10 heteroatoms. The van der Waals surface area contributed by atoms with Crippen molar-refractivity contribution in [3.8, 4) is 5.75 Å². The van der Waals surface area contributed by atoms with E-state index in [1.54, 1.807) is 0 Å². The number of fused-ring (bicyclic) bond motifs is 1. The van der Waals surface area contributed by atoms with Crippen LogP contribution in [0.4, 0.5) is 4.79 Å². The van der Waals surface area contributed by atoms with E-state index in [4.69, 9.17) is 20.2 Å². The molecule has 2 aromatic rings. The van der Waals surface area contributed by atoms with Crippen LogP contribution in [-0.2, 0) is 11.3 Å². The number of benzene rings is 2. The van der Waals surface area contributed by atoms with E-state index in [-0.39, 0.29) is 29.4 Å². The molecule has 1 aliphatic heterocycles. The molecule has 0 unspecified atom stereocenters. The minimum Gasteiger partial charge on any atom is -0.493 e. The van der Waals surface area contributed by atoms with Crippen LogP contribution in [0.15, 0.2) is 47.4 Å². The average Bonchev–Trinajstić information content (AvgIpc) is 2.65. The molecule has 1 heterocycles. The van der Waals surface area contributed by atoms with Crippen LogP contribution in [0.25, 0.3) is 0 Å². The number of ether oxygens (including phenoxy) is 2. The maximum atomic E-state index is 12.2. The number of hydrogen-bond acceptors (Lipinski definition) is 6. The number of carboxylic acids is 1. The quantitative estimate of drug-likeness (QED) is 0.557. The molecular formula is C18H18ClNO7S. The van der Waals surface area contributed by atoms with Crippen LogP contribution in [-0.4, -0.2) is 32.9 Å². The van der Waals surface area contributed by atoms with Gasteiger partial charge >= 0.3 is 12.1 Å². The Balaban J connectivity index is 1.80. The summed E-state index contributed by atoms with van der Waals surface area (Å²) in [5.41, 5.74) is 0.846. The molecule has 0 aliphatic carbocycles. The second-order valence-corrected chi connectivity index (χ2v) is 8.76. The molecule has 1 aliphatic rings. The molecule has 0 spiro atoms. The van der Waals surface area contributed by atoms with Crippen LogP contribution >= 0.6 is 20.5 Å². The maximum Gasteiger partial charge on any atom is 0.407 e. The number of carbonyl (C=O) groups is 2. The average molecular weight is 428 g/mol. The van der Waals surface area contributed by atoms with Crippen LogP contribution in [0.2, 0.25) is 0 Å². The summed E-state index contributed by atoms with van der Waals surface area (Å²) in [6.07, 6.45) is -0.274. The molecule has 0 fully saturated rings. The molecule has 28 heavy (non-hydrogen) atoms. The van der Waals surface area contributed by atoms with E-state index in [0.717, 1.165) is 5.56 Å². The number of nitrogens with one attached hydrogen (secondary N) is 1. The lowest BCUT2D eigenvalue weighted by molar-refractivity contribution is 0.0691. The SMILES string of the molecule is O=C(N[C@H]1CCOc2cc(C(=O)O)c(S(O)(O)Cl)cc21)OCc1ccccc1. The topological polar surface area (TPSA) is 125 Å². The summed E-state index contributed by atoms with van der Waals surface area (Å²) in [6.45, 7) is 0.334. The summed E-state index contributed by atoms with van der Waals surface area (Å²) < 4.78 is 30.2. The molecule has 150 valence electrons. The summed E-state index contributed by atoms with van der Waals surface area (Å²) in [4.78, 5) is 23.2.